The highest BCUT2D eigenvalue weighted by Gasteiger charge is 2.34. The standard InChI is InChI=1S/C21H17NO2/c1-22-20(14-8-4-2-5-9-14)18-16(23)12-13-17(24)19(18)21(22)15-10-6-3-7-11-15/h2-11H,12-13H2,1H3. The summed E-state index contributed by atoms with van der Waals surface area (Å²) in [6.45, 7) is 0. The molecule has 24 heavy (non-hydrogen) atoms. The van der Waals surface area contributed by atoms with Gasteiger partial charge >= 0.3 is 0 Å². The summed E-state index contributed by atoms with van der Waals surface area (Å²) in [6.07, 6.45) is 0.591. The molecule has 1 heterocycles. The summed E-state index contributed by atoms with van der Waals surface area (Å²) < 4.78 is 2.00. The molecule has 4 rings (SSSR count). The van der Waals surface area contributed by atoms with Gasteiger partial charge in [0.1, 0.15) is 0 Å². The van der Waals surface area contributed by atoms with Crippen LogP contribution in [0.15, 0.2) is 60.7 Å². The van der Waals surface area contributed by atoms with Gasteiger partial charge in [0.15, 0.2) is 11.6 Å². The van der Waals surface area contributed by atoms with Gasteiger partial charge in [0.25, 0.3) is 0 Å². The Hall–Kier alpha value is -2.94. The highest BCUT2D eigenvalue weighted by atomic mass is 16.1. The molecule has 1 aliphatic carbocycles. The lowest BCUT2D eigenvalue weighted by Gasteiger charge is -2.12. The van der Waals surface area contributed by atoms with Crippen molar-refractivity contribution >= 4 is 11.6 Å². The van der Waals surface area contributed by atoms with Gasteiger partial charge in [0.05, 0.1) is 22.5 Å². The summed E-state index contributed by atoms with van der Waals surface area (Å²) in [7, 11) is 1.93. The second-order valence-electron chi connectivity index (χ2n) is 6.08. The summed E-state index contributed by atoms with van der Waals surface area (Å²) in [5, 5.41) is 0. The number of rotatable bonds is 2. The Morgan fingerprint density at radius 2 is 1.04 bits per heavy atom. The minimum Gasteiger partial charge on any atom is -0.342 e. The van der Waals surface area contributed by atoms with Crippen LogP contribution in [0.5, 0.6) is 0 Å². The molecular weight excluding hydrogens is 298 g/mol. The van der Waals surface area contributed by atoms with Crippen LogP contribution in [0, 0.1) is 0 Å². The molecule has 0 atom stereocenters. The first-order chi connectivity index (χ1) is 11.7. The monoisotopic (exact) mass is 315 g/mol. The highest BCUT2D eigenvalue weighted by Crippen LogP contribution is 2.40. The minimum atomic E-state index is 0.0567. The number of carbonyl (C=O) groups excluding carboxylic acids is 2. The molecule has 0 spiro atoms. The maximum absolute atomic E-state index is 12.7. The van der Waals surface area contributed by atoms with E-state index in [9.17, 15) is 9.59 Å². The van der Waals surface area contributed by atoms with Crippen LogP contribution in [0.4, 0.5) is 0 Å². The Morgan fingerprint density at radius 3 is 1.42 bits per heavy atom. The number of hydrogen-bond acceptors (Lipinski definition) is 2. The molecule has 0 bridgehead atoms. The van der Waals surface area contributed by atoms with E-state index >= 15 is 0 Å². The zero-order valence-corrected chi connectivity index (χ0v) is 13.5. The molecular formula is C21H17NO2. The molecule has 2 aromatic carbocycles. The van der Waals surface area contributed by atoms with Gasteiger partial charge in [0, 0.05) is 19.9 Å². The smallest absolute Gasteiger partial charge is 0.166 e. The van der Waals surface area contributed by atoms with E-state index in [2.05, 4.69) is 0 Å². The Bertz CT molecular complexity index is 860. The van der Waals surface area contributed by atoms with Crippen LogP contribution in [0.1, 0.15) is 33.6 Å². The molecule has 3 nitrogen and oxygen atoms in total. The third kappa shape index (κ3) is 2.13. The predicted octanol–water partition coefficient (Wildman–Crippen LogP) is 4.52. The molecule has 0 unspecified atom stereocenters. The molecule has 0 radical (unpaired) electrons. The van der Waals surface area contributed by atoms with Gasteiger partial charge in [-0.15, -0.1) is 0 Å². The number of carbonyl (C=O) groups is 2. The van der Waals surface area contributed by atoms with Crippen molar-refractivity contribution in [1.29, 1.82) is 0 Å². The summed E-state index contributed by atoms with van der Waals surface area (Å²) in [5.74, 6) is 0.113. The molecule has 0 fully saturated rings. The normalized spacial score (nSPS) is 13.9. The first-order valence-electron chi connectivity index (χ1n) is 8.08. The van der Waals surface area contributed by atoms with Gasteiger partial charge in [0.2, 0.25) is 0 Å². The van der Waals surface area contributed by atoms with E-state index in [4.69, 9.17) is 0 Å². The van der Waals surface area contributed by atoms with E-state index in [0.29, 0.717) is 24.0 Å². The maximum atomic E-state index is 12.7. The van der Waals surface area contributed by atoms with Crippen LogP contribution < -0.4 is 0 Å². The first-order valence-corrected chi connectivity index (χ1v) is 8.08. The van der Waals surface area contributed by atoms with Gasteiger partial charge in [-0.2, -0.15) is 0 Å². The average Bonchev–Trinajstić information content (AvgIpc) is 2.94. The van der Waals surface area contributed by atoms with Crippen molar-refractivity contribution in [2.75, 3.05) is 0 Å². The molecule has 0 aliphatic heterocycles. The van der Waals surface area contributed by atoms with Crippen molar-refractivity contribution in [3.05, 3.63) is 71.8 Å². The number of hydrogen-bond donors (Lipinski definition) is 0. The number of benzene rings is 2. The lowest BCUT2D eigenvalue weighted by molar-refractivity contribution is 0.0892. The van der Waals surface area contributed by atoms with Crippen molar-refractivity contribution in [2.45, 2.75) is 12.8 Å². The Kier molecular flexibility index (Phi) is 3.42. The number of nitrogens with zero attached hydrogens (tertiary/aromatic N) is 1. The van der Waals surface area contributed by atoms with Crippen LogP contribution in [-0.4, -0.2) is 16.1 Å². The molecule has 0 amide bonds. The predicted molar refractivity (Wildman–Crippen MR) is 94.2 cm³/mol. The number of aromatic nitrogens is 1. The average molecular weight is 315 g/mol. The third-order valence-corrected chi connectivity index (χ3v) is 4.63. The van der Waals surface area contributed by atoms with E-state index in [1.54, 1.807) is 0 Å². The van der Waals surface area contributed by atoms with Crippen molar-refractivity contribution in [3.63, 3.8) is 0 Å². The fraction of sp³-hybridized carbons (Fsp3) is 0.143. The molecule has 3 heteroatoms. The van der Waals surface area contributed by atoms with Gasteiger partial charge in [-0.25, -0.2) is 0 Å². The summed E-state index contributed by atoms with van der Waals surface area (Å²) >= 11 is 0. The van der Waals surface area contributed by atoms with Gasteiger partial charge in [-0.3, -0.25) is 9.59 Å². The second-order valence-corrected chi connectivity index (χ2v) is 6.08. The Morgan fingerprint density at radius 1 is 0.667 bits per heavy atom. The van der Waals surface area contributed by atoms with Gasteiger partial charge in [-0.05, 0) is 11.1 Å². The molecule has 118 valence electrons. The highest BCUT2D eigenvalue weighted by molar-refractivity contribution is 6.20. The zero-order chi connectivity index (χ0) is 16.7. The second kappa shape index (κ2) is 5.60. The quantitative estimate of drug-likeness (QED) is 0.697. The van der Waals surface area contributed by atoms with E-state index in [1.807, 2.05) is 72.3 Å². The largest absolute Gasteiger partial charge is 0.342 e. The lowest BCUT2D eigenvalue weighted by Crippen LogP contribution is -2.16. The zero-order valence-electron chi connectivity index (χ0n) is 13.5. The van der Waals surface area contributed by atoms with Crippen LogP contribution in [-0.2, 0) is 7.05 Å². The van der Waals surface area contributed by atoms with Gasteiger partial charge < -0.3 is 4.57 Å². The van der Waals surface area contributed by atoms with Crippen molar-refractivity contribution < 1.29 is 9.59 Å². The van der Waals surface area contributed by atoms with E-state index < -0.39 is 0 Å². The van der Waals surface area contributed by atoms with E-state index in [1.165, 1.54) is 0 Å². The fourth-order valence-electron chi connectivity index (χ4n) is 3.57. The fourth-order valence-corrected chi connectivity index (χ4v) is 3.57. The summed E-state index contributed by atoms with van der Waals surface area (Å²) in [5.41, 5.74) is 4.76. The topological polar surface area (TPSA) is 39.1 Å². The lowest BCUT2D eigenvalue weighted by atomic mass is 9.87. The van der Waals surface area contributed by atoms with Crippen LogP contribution in [0.3, 0.4) is 0 Å². The molecule has 3 aromatic rings. The Balaban J connectivity index is 2.10. The SMILES string of the molecule is Cn1c(-c2ccccc2)c2c(c1-c1ccccc1)C(=O)CCC2=O. The first kappa shape index (κ1) is 14.6. The van der Waals surface area contributed by atoms with Gasteiger partial charge in [-0.1, -0.05) is 60.7 Å². The van der Waals surface area contributed by atoms with Crippen molar-refractivity contribution in [2.24, 2.45) is 7.05 Å². The third-order valence-electron chi connectivity index (χ3n) is 4.63. The van der Waals surface area contributed by atoms with Crippen LogP contribution in [0.25, 0.3) is 22.5 Å². The van der Waals surface area contributed by atoms with Crippen molar-refractivity contribution in [1.82, 2.24) is 4.57 Å². The van der Waals surface area contributed by atoms with Crippen molar-refractivity contribution in [3.8, 4) is 22.5 Å². The summed E-state index contributed by atoms with van der Waals surface area (Å²) in [6, 6.07) is 19.6. The molecule has 0 N–H and O–H groups in total. The molecule has 0 saturated heterocycles. The molecule has 0 saturated carbocycles. The van der Waals surface area contributed by atoms with E-state index in [0.717, 1.165) is 22.5 Å². The number of ketones is 2. The van der Waals surface area contributed by atoms with Crippen LogP contribution >= 0.6 is 0 Å². The minimum absolute atomic E-state index is 0.0567. The van der Waals surface area contributed by atoms with E-state index in [-0.39, 0.29) is 11.6 Å². The Labute approximate surface area is 140 Å². The summed E-state index contributed by atoms with van der Waals surface area (Å²) in [4.78, 5) is 25.3. The van der Waals surface area contributed by atoms with Crippen LogP contribution in [0.2, 0.25) is 0 Å². The number of Topliss-reactive ketones (excluding diaryl/α,β-unsaturated/α-hetero) is 2. The molecule has 1 aromatic heterocycles. The number of fused-ring (bicyclic) bond motifs is 1. The molecule has 1 aliphatic rings. The maximum Gasteiger partial charge on any atom is 0.166 e.